The Morgan fingerprint density at radius 2 is 1.72 bits per heavy atom. The zero-order valence-corrected chi connectivity index (χ0v) is 17.2. The first-order valence-corrected chi connectivity index (χ1v) is 9.62. The number of nitrogens with one attached hydrogen (secondary N) is 1. The highest BCUT2D eigenvalue weighted by molar-refractivity contribution is 6.08. The smallest absolute Gasteiger partial charge is 0.276 e. The van der Waals surface area contributed by atoms with Crippen molar-refractivity contribution >= 4 is 23.2 Å². The van der Waals surface area contributed by atoms with Crippen LogP contribution in [0.4, 0.5) is 11.4 Å². The molecule has 0 radical (unpaired) electrons. The minimum atomic E-state index is -0.271. The normalized spacial score (nSPS) is 10.5. The highest BCUT2D eigenvalue weighted by Gasteiger charge is 2.19. The molecule has 0 aliphatic carbocycles. The van der Waals surface area contributed by atoms with Gasteiger partial charge in [0, 0.05) is 29.7 Å². The van der Waals surface area contributed by atoms with Crippen molar-refractivity contribution < 1.29 is 9.59 Å². The van der Waals surface area contributed by atoms with Crippen LogP contribution in [0.5, 0.6) is 0 Å². The number of carbonyl (C=O) groups is 2. The summed E-state index contributed by atoms with van der Waals surface area (Å²) >= 11 is 0. The summed E-state index contributed by atoms with van der Waals surface area (Å²) in [5, 5.41) is 2.91. The van der Waals surface area contributed by atoms with Gasteiger partial charge in [-0.3, -0.25) is 14.6 Å². The van der Waals surface area contributed by atoms with Crippen LogP contribution in [0.3, 0.4) is 0 Å². The van der Waals surface area contributed by atoms with Crippen LogP contribution >= 0.6 is 0 Å². The van der Waals surface area contributed by atoms with Crippen molar-refractivity contribution in [1.82, 2.24) is 4.98 Å². The van der Waals surface area contributed by atoms with E-state index >= 15 is 0 Å². The lowest BCUT2D eigenvalue weighted by Crippen LogP contribution is -2.31. The number of pyridine rings is 1. The summed E-state index contributed by atoms with van der Waals surface area (Å²) < 4.78 is 0. The van der Waals surface area contributed by atoms with Gasteiger partial charge in [0.05, 0.1) is 0 Å². The third kappa shape index (κ3) is 4.69. The van der Waals surface area contributed by atoms with Crippen LogP contribution < -0.4 is 10.2 Å². The van der Waals surface area contributed by atoms with Crippen molar-refractivity contribution in [2.45, 2.75) is 27.7 Å². The zero-order valence-electron chi connectivity index (χ0n) is 17.2. The molecule has 148 valence electrons. The summed E-state index contributed by atoms with van der Waals surface area (Å²) in [6.07, 6.45) is 1.49. The highest BCUT2D eigenvalue weighted by atomic mass is 16.2. The van der Waals surface area contributed by atoms with Crippen molar-refractivity contribution in [2.75, 3.05) is 16.8 Å². The van der Waals surface area contributed by atoms with Gasteiger partial charge in [-0.2, -0.15) is 0 Å². The van der Waals surface area contributed by atoms with Crippen LogP contribution in [0.1, 0.15) is 44.5 Å². The predicted molar refractivity (Wildman–Crippen MR) is 117 cm³/mol. The van der Waals surface area contributed by atoms with Gasteiger partial charge in [0.15, 0.2) is 0 Å². The minimum Gasteiger partial charge on any atom is -0.322 e. The van der Waals surface area contributed by atoms with Crippen LogP contribution in [0.15, 0.2) is 60.8 Å². The molecule has 0 unspecified atom stereocenters. The number of rotatable bonds is 5. The third-order valence-electron chi connectivity index (χ3n) is 4.75. The van der Waals surface area contributed by atoms with Crippen LogP contribution in [-0.4, -0.2) is 23.3 Å². The first kappa shape index (κ1) is 20.3. The Labute approximate surface area is 171 Å². The highest BCUT2D eigenvalue weighted by Crippen LogP contribution is 2.20. The Morgan fingerprint density at radius 3 is 2.41 bits per heavy atom. The fourth-order valence-corrected chi connectivity index (χ4v) is 3.21. The molecule has 0 aliphatic heterocycles. The fraction of sp³-hybridized carbons (Fsp3) is 0.208. The molecule has 0 spiro atoms. The number of hydrogen-bond donors (Lipinski definition) is 1. The van der Waals surface area contributed by atoms with Crippen LogP contribution in [0.25, 0.3) is 0 Å². The van der Waals surface area contributed by atoms with E-state index in [9.17, 15) is 9.59 Å². The van der Waals surface area contributed by atoms with E-state index < -0.39 is 0 Å². The van der Waals surface area contributed by atoms with Gasteiger partial charge in [-0.05, 0) is 69.2 Å². The third-order valence-corrected chi connectivity index (χ3v) is 4.75. The number of benzene rings is 2. The molecular formula is C24H25N3O2. The van der Waals surface area contributed by atoms with E-state index in [4.69, 9.17) is 0 Å². The maximum absolute atomic E-state index is 13.0. The second-order valence-electron chi connectivity index (χ2n) is 7.09. The Bertz CT molecular complexity index is 1060. The van der Waals surface area contributed by atoms with Crippen molar-refractivity contribution in [3.8, 4) is 0 Å². The number of hydrogen-bond acceptors (Lipinski definition) is 3. The fourth-order valence-electron chi connectivity index (χ4n) is 3.21. The van der Waals surface area contributed by atoms with E-state index in [0.29, 0.717) is 12.1 Å². The predicted octanol–water partition coefficient (Wildman–Crippen LogP) is 4.93. The Hall–Kier alpha value is -3.47. The van der Waals surface area contributed by atoms with Gasteiger partial charge in [-0.15, -0.1) is 0 Å². The number of nitrogens with zero attached hydrogens (tertiary/aromatic N) is 2. The lowest BCUT2D eigenvalue weighted by Gasteiger charge is -2.21. The lowest BCUT2D eigenvalue weighted by atomic mass is 10.1. The molecule has 0 aliphatic rings. The van der Waals surface area contributed by atoms with Gasteiger partial charge < -0.3 is 10.2 Å². The van der Waals surface area contributed by atoms with E-state index in [-0.39, 0.29) is 17.5 Å². The second kappa shape index (κ2) is 8.69. The van der Waals surface area contributed by atoms with Gasteiger partial charge in [0.25, 0.3) is 11.8 Å². The lowest BCUT2D eigenvalue weighted by molar-refractivity contribution is 0.0983. The number of anilines is 2. The molecule has 0 saturated heterocycles. The number of amides is 2. The van der Waals surface area contributed by atoms with Gasteiger partial charge in [0.2, 0.25) is 0 Å². The summed E-state index contributed by atoms with van der Waals surface area (Å²) in [5.41, 5.74) is 5.38. The van der Waals surface area contributed by atoms with Crippen molar-refractivity contribution in [1.29, 1.82) is 0 Å². The quantitative estimate of drug-likeness (QED) is 0.675. The summed E-state index contributed by atoms with van der Waals surface area (Å²) in [7, 11) is 0. The Morgan fingerprint density at radius 1 is 0.966 bits per heavy atom. The first-order chi connectivity index (χ1) is 13.9. The minimum absolute atomic E-state index is 0.237. The Kier molecular flexibility index (Phi) is 6.07. The zero-order chi connectivity index (χ0) is 21.0. The van der Waals surface area contributed by atoms with E-state index in [0.717, 1.165) is 28.1 Å². The molecule has 5 nitrogen and oxygen atoms in total. The van der Waals surface area contributed by atoms with Gasteiger partial charge in [-0.1, -0.05) is 29.8 Å². The van der Waals surface area contributed by atoms with Crippen molar-refractivity contribution in [2.24, 2.45) is 0 Å². The average Bonchev–Trinajstić information content (AvgIpc) is 2.70. The first-order valence-electron chi connectivity index (χ1n) is 9.62. The summed E-state index contributed by atoms with van der Waals surface area (Å²) in [4.78, 5) is 31.6. The van der Waals surface area contributed by atoms with Crippen LogP contribution in [-0.2, 0) is 0 Å². The maximum atomic E-state index is 13.0. The van der Waals surface area contributed by atoms with E-state index in [1.165, 1.54) is 6.20 Å². The van der Waals surface area contributed by atoms with Gasteiger partial charge in [0.1, 0.15) is 5.69 Å². The molecule has 1 heterocycles. The molecule has 5 heteroatoms. The number of aromatic nitrogens is 1. The topological polar surface area (TPSA) is 62.3 Å². The molecule has 0 fully saturated rings. The number of aryl methyl sites for hydroxylation is 3. The molecule has 2 amide bonds. The molecule has 3 aromatic rings. The molecule has 1 N–H and O–H groups in total. The largest absolute Gasteiger partial charge is 0.322 e. The Balaban J connectivity index is 1.84. The number of carbonyl (C=O) groups excluding carboxylic acids is 2. The van der Waals surface area contributed by atoms with Gasteiger partial charge in [-0.25, -0.2) is 0 Å². The molecule has 29 heavy (non-hydrogen) atoms. The van der Waals surface area contributed by atoms with Crippen LogP contribution in [0.2, 0.25) is 0 Å². The van der Waals surface area contributed by atoms with E-state index in [1.807, 2.05) is 70.2 Å². The summed E-state index contributed by atoms with van der Waals surface area (Å²) in [5.74, 6) is -0.508. The molecule has 1 aromatic heterocycles. The van der Waals surface area contributed by atoms with Crippen molar-refractivity contribution in [3.05, 3.63) is 88.7 Å². The monoisotopic (exact) mass is 387 g/mol. The summed E-state index contributed by atoms with van der Waals surface area (Å²) in [6, 6.07) is 16.7. The molecule has 3 rings (SSSR count). The molecule has 0 bridgehead atoms. The average molecular weight is 387 g/mol. The standard InChI is InChI=1S/C24H25N3O2/c1-5-27(20-8-6-7-16(2)14-20)24(29)22-15-19(11-12-25-22)23(28)26-21-10-9-17(3)13-18(21)4/h6-15H,5H2,1-4H3,(H,26,28). The van der Waals surface area contributed by atoms with Crippen LogP contribution in [0, 0.1) is 20.8 Å². The molecule has 0 atom stereocenters. The van der Waals surface area contributed by atoms with Gasteiger partial charge >= 0.3 is 0 Å². The van der Waals surface area contributed by atoms with Crippen molar-refractivity contribution in [3.63, 3.8) is 0 Å². The summed E-state index contributed by atoms with van der Waals surface area (Å²) in [6.45, 7) is 8.36. The molecular weight excluding hydrogens is 362 g/mol. The maximum Gasteiger partial charge on any atom is 0.276 e. The van der Waals surface area contributed by atoms with E-state index in [2.05, 4.69) is 10.3 Å². The molecule has 0 saturated carbocycles. The SMILES string of the molecule is CCN(C(=O)c1cc(C(=O)Nc2ccc(C)cc2C)ccn1)c1cccc(C)c1. The molecule has 2 aromatic carbocycles. The second-order valence-corrected chi connectivity index (χ2v) is 7.09. The van der Waals surface area contributed by atoms with E-state index in [1.54, 1.807) is 17.0 Å².